The van der Waals surface area contributed by atoms with E-state index < -0.39 is 0 Å². The molecule has 38 valence electrons. The lowest BCUT2D eigenvalue weighted by Gasteiger charge is -1.75. The highest BCUT2D eigenvalue weighted by Crippen LogP contribution is 2.70. The number of rotatable bonds is 1. The average Bonchev–Trinajstić information content (AvgIpc) is 2.52. The molecule has 0 radical (unpaired) electrons. The van der Waals surface area contributed by atoms with Crippen molar-refractivity contribution in [2.24, 2.45) is 11.3 Å². The van der Waals surface area contributed by atoms with Gasteiger partial charge in [-0.2, -0.15) is 0 Å². The predicted molar refractivity (Wildman–Crippen MR) is 30.0 cm³/mol. The second-order valence-corrected chi connectivity index (χ2v) is 2.91. The standard InChI is InChI=1S/C7H10/c1-2-6-5-7(6)3-4-7/h2,6H,1,3-5H2. The van der Waals surface area contributed by atoms with E-state index in [2.05, 4.69) is 12.7 Å². The SMILES string of the molecule is C=CC1CC12CC2. The molecular formula is C7H10. The van der Waals surface area contributed by atoms with Crippen molar-refractivity contribution in [1.82, 2.24) is 0 Å². The van der Waals surface area contributed by atoms with E-state index in [4.69, 9.17) is 0 Å². The van der Waals surface area contributed by atoms with Crippen LogP contribution in [0.4, 0.5) is 0 Å². The molecule has 2 rings (SSSR count). The Morgan fingerprint density at radius 1 is 1.57 bits per heavy atom. The molecule has 2 saturated carbocycles. The van der Waals surface area contributed by atoms with Gasteiger partial charge >= 0.3 is 0 Å². The van der Waals surface area contributed by atoms with Crippen LogP contribution < -0.4 is 0 Å². The van der Waals surface area contributed by atoms with Crippen molar-refractivity contribution in [2.75, 3.05) is 0 Å². The minimum atomic E-state index is 0.849. The summed E-state index contributed by atoms with van der Waals surface area (Å²) in [7, 11) is 0. The van der Waals surface area contributed by atoms with Crippen molar-refractivity contribution < 1.29 is 0 Å². The summed E-state index contributed by atoms with van der Waals surface area (Å²) < 4.78 is 0. The Balaban J connectivity index is 2.09. The van der Waals surface area contributed by atoms with E-state index in [1.807, 2.05) is 0 Å². The van der Waals surface area contributed by atoms with Gasteiger partial charge in [-0.25, -0.2) is 0 Å². The summed E-state index contributed by atoms with van der Waals surface area (Å²) in [5.41, 5.74) is 0.849. The maximum atomic E-state index is 3.76. The molecule has 2 fully saturated rings. The third-order valence-electron chi connectivity index (χ3n) is 2.43. The first-order chi connectivity index (χ1) is 3.37. The van der Waals surface area contributed by atoms with Gasteiger partial charge in [-0.3, -0.25) is 0 Å². The third-order valence-corrected chi connectivity index (χ3v) is 2.43. The molecule has 0 amide bonds. The first-order valence-electron chi connectivity index (χ1n) is 3.00. The lowest BCUT2D eigenvalue weighted by molar-refractivity contribution is 0.825. The normalized spacial score (nSPS) is 40.9. The minimum Gasteiger partial charge on any atom is -0.103 e. The second kappa shape index (κ2) is 0.795. The monoisotopic (exact) mass is 94.1 g/mol. The molecule has 0 bridgehead atoms. The number of hydrogen-bond donors (Lipinski definition) is 0. The smallest absolute Gasteiger partial charge is 0.0174 e. The zero-order valence-electron chi connectivity index (χ0n) is 4.48. The first kappa shape index (κ1) is 3.71. The Bertz CT molecular complexity index is 109. The summed E-state index contributed by atoms with van der Waals surface area (Å²) in [6, 6.07) is 0. The van der Waals surface area contributed by atoms with Crippen molar-refractivity contribution in [3.8, 4) is 0 Å². The molecule has 0 aromatic heterocycles. The van der Waals surface area contributed by atoms with E-state index in [-0.39, 0.29) is 0 Å². The van der Waals surface area contributed by atoms with E-state index in [1.165, 1.54) is 19.3 Å². The molecular weight excluding hydrogens is 84.1 g/mol. The van der Waals surface area contributed by atoms with Crippen molar-refractivity contribution in [3.05, 3.63) is 12.7 Å². The maximum Gasteiger partial charge on any atom is -0.0174 e. The summed E-state index contributed by atoms with van der Waals surface area (Å²) in [5.74, 6) is 0.924. The van der Waals surface area contributed by atoms with Crippen LogP contribution in [0.3, 0.4) is 0 Å². The van der Waals surface area contributed by atoms with Crippen LogP contribution in [0.15, 0.2) is 12.7 Å². The Morgan fingerprint density at radius 3 is 2.43 bits per heavy atom. The van der Waals surface area contributed by atoms with Crippen LogP contribution in [-0.2, 0) is 0 Å². The molecule has 2 aliphatic carbocycles. The Kier molecular flexibility index (Phi) is 0.421. The molecule has 0 nitrogen and oxygen atoms in total. The van der Waals surface area contributed by atoms with Gasteiger partial charge in [0.25, 0.3) is 0 Å². The summed E-state index contributed by atoms with van der Waals surface area (Å²) >= 11 is 0. The highest BCUT2D eigenvalue weighted by atomic mass is 14.6. The van der Waals surface area contributed by atoms with E-state index in [1.54, 1.807) is 0 Å². The molecule has 7 heavy (non-hydrogen) atoms. The Hall–Kier alpha value is -0.260. The molecule has 0 heteroatoms. The van der Waals surface area contributed by atoms with E-state index >= 15 is 0 Å². The average molecular weight is 94.2 g/mol. The maximum absolute atomic E-state index is 3.76. The summed E-state index contributed by atoms with van der Waals surface area (Å²) in [4.78, 5) is 0. The van der Waals surface area contributed by atoms with Gasteiger partial charge in [0.2, 0.25) is 0 Å². The van der Waals surface area contributed by atoms with Gasteiger partial charge < -0.3 is 0 Å². The highest BCUT2D eigenvalue weighted by Gasteiger charge is 2.60. The summed E-state index contributed by atoms with van der Waals surface area (Å²) in [6.07, 6.45) is 6.55. The molecule has 0 aromatic rings. The zero-order chi connectivity index (χ0) is 4.91. The van der Waals surface area contributed by atoms with Gasteiger partial charge in [-0.1, -0.05) is 6.08 Å². The van der Waals surface area contributed by atoms with Crippen LogP contribution in [-0.4, -0.2) is 0 Å². The molecule has 1 unspecified atom stereocenters. The van der Waals surface area contributed by atoms with E-state index in [0.29, 0.717) is 0 Å². The molecule has 0 saturated heterocycles. The Morgan fingerprint density at radius 2 is 2.29 bits per heavy atom. The van der Waals surface area contributed by atoms with Crippen molar-refractivity contribution in [1.29, 1.82) is 0 Å². The molecule has 2 aliphatic rings. The van der Waals surface area contributed by atoms with Crippen LogP contribution >= 0.6 is 0 Å². The van der Waals surface area contributed by atoms with Crippen LogP contribution in [0.25, 0.3) is 0 Å². The van der Waals surface area contributed by atoms with Crippen molar-refractivity contribution in [3.63, 3.8) is 0 Å². The molecule has 1 spiro atoms. The molecule has 0 aliphatic heterocycles. The van der Waals surface area contributed by atoms with Gasteiger partial charge in [0, 0.05) is 0 Å². The molecule has 0 heterocycles. The van der Waals surface area contributed by atoms with Crippen LogP contribution in [0.1, 0.15) is 19.3 Å². The van der Waals surface area contributed by atoms with Gasteiger partial charge in [0.15, 0.2) is 0 Å². The van der Waals surface area contributed by atoms with E-state index in [0.717, 1.165) is 11.3 Å². The largest absolute Gasteiger partial charge is 0.103 e. The predicted octanol–water partition coefficient (Wildman–Crippen LogP) is 1.97. The highest BCUT2D eigenvalue weighted by molar-refractivity contribution is 5.17. The van der Waals surface area contributed by atoms with Gasteiger partial charge in [-0.05, 0) is 30.6 Å². The summed E-state index contributed by atoms with van der Waals surface area (Å²) in [5, 5.41) is 0. The van der Waals surface area contributed by atoms with Crippen LogP contribution in [0, 0.1) is 11.3 Å². The van der Waals surface area contributed by atoms with Crippen LogP contribution in [0.5, 0.6) is 0 Å². The fourth-order valence-electron chi connectivity index (χ4n) is 1.45. The quantitative estimate of drug-likeness (QED) is 0.436. The lowest BCUT2D eigenvalue weighted by Crippen LogP contribution is -1.68. The zero-order valence-corrected chi connectivity index (χ0v) is 4.48. The third kappa shape index (κ3) is 0.324. The summed E-state index contributed by atoms with van der Waals surface area (Å²) in [6.45, 7) is 3.76. The van der Waals surface area contributed by atoms with Gasteiger partial charge in [-0.15, -0.1) is 6.58 Å². The van der Waals surface area contributed by atoms with Crippen molar-refractivity contribution in [2.45, 2.75) is 19.3 Å². The number of allylic oxidation sites excluding steroid dienone is 1. The first-order valence-corrected chi connectivity index (χ1v) is 3.00. The molecule has 1 atom stereocenters. The van der Waals surface area contributed by atoms with E-state index in [9.17, 15) is 0 Å². The second-order valence-electron chi connectivity index (χ2n) is 2.91. The van der Waals surface area contributed by atoms with Gasteiger partial charge in [0.05, 0.1) is 0 Å². The van der Waals surface area contributed by atoms with Crippen molar-refractivity contribution >= 4 is 0 Å². The minimum absolute atomic E-state index is 0.849. The molecule has 0 aromatic carbocycles. The van der Waals surface area contributed by atoms with Gasteiger partial charge in [0.1, 0.15) is 0 Å². The van der Waals surface area contributed by atoms with Crippen LogP contribution in [0.2, 0.25) is 0 Å². The Labute approximate surface area is 44.2 Å². The molecule has 0 N–H and O–H groups in total. The fourth-order valence-corrected chi connectivity index (χ4v) is 1.45. The number of hydrogen-bond acceptors (Lipinski definition) is 0. The fraction of sp³-hybridized carbons (Fsp3) is 0.714. The topological polar surface area (TPSA) is 0 Å². The lowest BCUT2D eigenvalue weighted by atomic mass is 10.3.